The van der Waals surface area contributed by atoms with Crippen LogP contribution in [0.5, 0.6) is 5.75 Å². The number of phenolic OH excluding ortho intramolecular Hbond substituents is 1. The van der Waals surface area contributed by atoms with Gasteiger partial charge in [0.1, 0.15) is 11.5 Å². The second-order valence-electron chi connectivity index (χ2n) is 7.07. The molecule has 2 heteroatoms. The lowest BCUT2D eigenvalue weighted by Gasteiger charge is -2.43. The average molecular weight is 296 g/mol. The van der Waals surface area contributed by atoms with E-state index in [0.717, 1.165) is 12.0 Å². The quantitative estimate of drug-likeness (QED) is 0.541. The molecule has 1 aromatic carbocycles. The molecule has 0 heterocycles. The van der Waals surface area contributed by atoms with Crippen molar-refractivity contribution in [2.75, 3.05) is 0 Å². The second kappa shape index (κ2) is 5.49. The van der Waals surface area contributed by atoms with Crippen LogP contribution in [0.1, 0.15) is 56.9 Å². The van der Waals surface area contributed by atoms with Crippen molar-refractivity contribution in [3.8, 4) is 5.75 Å². The van der Waals surface area contributed by atoms with Gasteiger partial charge < -0.3 is 10.2 Å². The zero-order valence-electron chi connectivity index (χ0n) is 13.0. The molecule has 1 aromatic rings. The van der Waals surface area contributed by atoms with Gasteiger partial charge in [-0.15, -0.1) is 0 Å². The van der Waals surface area contributed by atoms with E-state index < -0.39 is 0 Å². The molecule has 3 aliphatic rings. The summed E-state index contributed by atoms with van der Waals surface area (Å²) in [6.45, 7) is 0. The fourth-order valence-electron chi connectivity index (χ4n) is 4.86. The van der Waals surface area contributed by atoms with Crippen molar-refractivity contribution >= 4 is 5.76 Å². The number of allylic oxidation sites excluding steroid dienone is 3. The Bertz CT molecular complexity index is 653. The third-order valence-electron chi connectivity index (χ3n) is 5.80. The molecule has 2 atom stereocenters. The summed E-state index contributed by atoms with van der Waals surface area (Å²) in [5.41, 5.74) is 5.38. The number of aromatic hydroxyl groups is 1. The molecule has 3 aliphatic carbocycles. The van der Waals surface area contributed by atoms with Gasteiger partial charge in [0.2, 0.25) is 0 Å². The van der Waals surface area contributed by atoms with Crippen LogP contribution in [0.3, 0.4) is 0 Å². The van der Waals surface area contributed by atoms with Crippen molar-refractivity contribution in [3.63, 3.8) is 0 Å². The highest BCUT2D eigenvalue weighted by Crippen LogP contribution is 2.52. The summed E-state index contributed by atoms with van der Waals surface area (Å²) in [5, 5.41) is 20.6. The van der Waals surface area contributed by atoms with Gasteiger partial charge in [-0.05, 0) is 68.6 Å². The average Bonchev–Trinajstić information content (AvgIpc) is 2.54. The highest BCUT2D eigenvalue weighted by Gasteiger charge is 2.39. The SMILES string of the molecule is O/C(=C1\C2CCCC1C1=C(CCCC1)C2)c1cccc(O)c1. The molecule has 1 fully saturated rings. The number of phenols is 1. The monoisotopic (exact) mass is 296 g/mol. The largest absolute Gasteiger partial charge is 0.508 e. The maximum atomic E-state index is 10.9. The number of rotatable bonds is 1. The number of benzene rings is 1. The first-order valence-corrected chi connectivity index (χ1v) is 8.67. The predicted molar refractivity (Wildman–Crippen MR) is 88.6 cm³/mol. The first-order chi connectivity index (χ1) is 10.7. The van der Waals surface area contributed by atoms with Crippen LogP contribution < -0.4 is 0 Å². The highest BCUT2D eigenvalue weighted by molar-refractivity contribution is 5.66. The van der Waals surface area contributed by atoms with E-state index in [0.29, 0.717) is 17.6 Å². The summed E-state index contributed by atoms with van der Waals surface area (Å²) in [6.07, 6.45) is 9.98. The summed E-state index contributed by atoms with van der Waals surface area (Å²) in [5.74, 6) is 1.63. The van der Waals surface area contributed by atoms with Gasteiger partial charge in [-0.1, -0.05) is 29.7 Å². The first kappa shape index (κ1) is 13.9. The Balaban J connectivity index is 1.81. The molecule has 1 saturated carbocycles. The lowest BCUT2D eigenvalue weighted by atomic mass is 9.62. The van der Waals surface area contributed by atoms with Crippen LogP contribution in [0.2, 0.25) is 0 Å². The van der Waals surface area contributed by atoms with Crippen molar-refractivity contribution in [2.24, 2.45) is 11.8 Å². The molecule has 0 amide bonds. The minimum atomic E-state index is 0.225. The van der Waals surface area contributed by atoms with Crippen molar-refractivity contribution in [1.29, 1.82) is 0 Å². The van der Waals surface area contributed by atoms with E-state index in [1.54, 1.807) is 23.3 Å². The van der Waals surface area contributed by atoms with Crippen LogP contribution in [0.15, 0.2) is 41.0 Å². The Labute approximate surface area is 132 Å². The molecule has 0 radical (unpaired) electrons. The fraction of sp³-hybridized carbons (Fsp3) is 0.500. The molecular weight excluding hydrogens is 272 g/mol. The number of hydrogen-bond acceptors (Lipinski definition) is 2. The number of aliphatic hydroxyl groups is 1. The Hall–Kier alpha value is -1.70. The maximum absolute atomic E-state index is 10.9. The molecule has 2 unspecified atom stereocenters. The van der Waals surface area contributed by atoms with Gasteiger partial charge in [0.15, 0.2) is 0 Å². The molecule has 2 bridgehead atoms. The molecule has 0 saturated heterocycles. The van der Waals surface area contributed by atoms with Crippen molar-refractivity contribution in [3.05, 3.63) is 46.5 Å². The van der Waals surface area contributed by atoms with Gasteiger partial charge >= 0.3 is 0 Å². The minimum absolute atomic E-state index is 0.225. The smallest absolute Gasteiger partial charge is 0.123 e. The van der Waals surface area contributed by atoms with Crippen LogP contribution in [0.4, 0.5) is 0 Å². The standard InChI is InChI=1S/C20H24O2/c21-16-8-3-7-15(12-16)20(22)19-14-6-4-10-18(19)17-9-2-1-5-13(17)11-14/h3,7-8,12,14,18,21-22H,1-2,4-6,9-11H2/b20-19+. The Morgan fingerprint density at radius 1 is 1.05 bits per heavy atom. The molecule has 2 nitrogen and oxygen atoms in total. The highest BCUT2D eigenvalue weighted by atomic mass is 16.3. The molecule has 22 heavy (non-hydrogen) atoms. The lowest BCUT2D eigenvalue weighted by Crippen LogP contribution is -2.29. The molecule has 4 rings (SSSR count). The summed E-state index contributed by atoms with van der Waals surface area (Å²) >= 11 is 0. The Kier molecular flexibility index (Phi) is 3.48. The molecule has 0 aromatic heterocycles. The van der Waals surface area contributed by atoms with Crippen molar-refractivity contribution < 1.29 is 10.2 Å². The summed E-state index contributed by atoms with van der Waals surface area (Å²) < 4.78 is 0. The topological polar surface area (TPSA) is 40.5 Å². The van der Waals surface area contributed by atoms with E-state index in [9.17, 15) is 10.2 Å². The summed E-state index contributed by atoms with van der Waals surface area (Å²) in [7, 11) is 0. The van der Waals surface area contributed by atoms with E-state index in [1.807, 2.05) is 12.1 Å². The van der Waals surface area contributed by atoms with Crippen LogP contribution in [-0.4, -0.2) is 10.2 Å². The number of hydrogen-bond donors (Lipinski definition) is 2. The van der Waals surface area contributed by atoms with Gasteiger partial charge in [0.25, 0.3) is 0 Å². The molecule has 0 aliphatic heterocycles. The van der Waals surface area contributed by atoms with E-state index in [4.69, 9.17) is 0 Å². The van der Waals surface area contributed by atoms with E-state index in [1.165, 1.54) is 50.5 Å². The van der Waals surface area contributed by atoms with Gasteiger partial charge in [0, 0.05) is 11.5 Å². The fourth-order valence-corrected chi connectivity index (χ4v) is 4.86. The molecule has 2 N–H and O–H groups in total. The zero-order valence-corrected chi connectivity index (χ0v) is 13.0. The van der Waals surface area contributed by atoms with Gasteiger partial charge in [0.05, 0.1) is 0 Å². The van der Waals surface area contributed by atoms with Gasteiger partial charge in [-0.25, -0.2) is 0 Å². The first-order valence-electron chi connectivity index (χ1n) is 8.67. The zero-order chi connectivity index (χ0) is 15.1. The third kappa shape index (κ3) is 2.25. The molecule has 116 valence electrons. The second-order valence-corrected chi connectivity index (χ2v) is 7.07. The van der Waals surface area contributed by atoms with Crippen molar-refractivity contribution in [2.45, 2.75) is 51.4 Å². The number of fused-ring (bicyclic) bond motifs is 3. The number of aliphatic hydroxyl groups excluding tert-OH is 1. The Morgan fingerprint density at radius 2 is 1.91 bits per heavy atom. The van der Waals surface area contributed by atoms with E-state index >= 15 is 0 Å². The third-order valence-corrected chi connectivity index (χ3v) is 5.80. The lowest BCUT2D eigenvalue weighted by molar-refractivity contribution is 0.334. The normalized spacial score (nSPS) is 30.0. The predicted octanol–water partition coefficient (Wildman–Crippen LogP) is 5.35. The van der Waals surface area contributed by atoms with Crippen LogP contribution in [0.25, 0.3) is 5.76 Å². The van der Waals surface area contributed by atoms with Crippen LogP contribution >= 0.6 is 0 Å². The van der Waals surface area contributed by atoms with Crippen LogP contribution in [0, 0.1) is 11.8 Å². The maximum Gasteiger partial charge on any atom is 0.123 e. The minimum Gasteiger partial charge on any atom is -0.508 e. The Morgan fingerprint density at radius 3 is 2.77 bits per heavy atom. The molecule has 0 spiro atoms. The van der Waals surface area contributed by atoms with E-state index in [-0.39, 0.29) is 5.75 Å². The van der Waals surface area contributed by atoms with Gasteiger partial charge in [-0.2, -0.15) is 0 Å². The summed E-state index contributed by atoms with van der Waals surface area (Å²) in [4.78, 5) is 0. The summed E-state index contributed by atoms with van der Waals surface area (Å²) in [6, 6.07) is 7.06. The van der Waals surface area contributed by atoms with Crippen molar-refractivity contribution in [1.82, 2.24) is 0 Å². The van der Waals surface area contributed by atoms with E-state index in [2.05, 4.69) is 0 Å². The van der Waals surface area contributed by atoms with Gasteiger partial charge in [-0.3, -0.25) is 0 Å². The molecular formula is C20H24O2. The van der Waals surface area contributed by atoms with Crippen LogP contribution in [-0.2, 0) is 0 Å².